The summed E-state index contributed by atoms with van der Waals surface area (Å²) in [6.45, 7) is 6.40. The first-order valence-corrected chi connectivity index (χ1v) is 8.01. The molecule has 3 N–H and O–H groups in total. The molecule has 1 saturated carbocycles. The average molecular weight is 358 g/mol. The highest BCUT2D eigenvalue weighted by Crippen LogP contribution is 2.38. The molecule has 1 fully saturated rings. The topological polar surface area (TPSA) is 131 Å². The van der Waals surface area contributed by atoms with Gasteiger partial charge in [-0.15, -0.1) is 0 Å². The first-order chi connectivity index (χ1) is 11.5. The molecule has 0 aromatic carbocycles. The zero-order valence-corrected chi connectivity index (χ0v) is 15.1. The maximum absolute atomic E-state index is 12.1. The number of amides is 2. The van der Waals surface area contributed by atoms with E-state index in [9.17, 15) is 24.3 Å². The highest BCUT2D eigenvalue weighted by Gasteiger charge is 2.50. The van der Waals surface area contributed by atoms with Gasteiger partial charge in [-0.25, -0.2) is 4.79 Å². The fourth-order valence-corrected chi connectivity index (χ4v) is 3.00. The van der Waals surface area contributed by atoms with E-state index in [4.69, 9.17) is 9.47 Å². The van der Waals surface area contributed by atoms with E-state index >= 15 is 0 Å². The van der Waals surface area contributed by atoms with Crippen molar-refractivity contribution < 1.29 is 33.8 Å². The van der Waals surface area contributed by atoms with Crippen LogP contribution in [0.25, 0.3) is 0 Å². The van der Waals surface area contributed by atoms with Gasteiger partial charge in [0.05, 0.1) is 25.0 Å². The summed E-state index contributed by atoms with van der Waals surface area (Å²) in [6, 6.07) is -0.872. The minimum Gasteiger partial charge on any atom is -0.481 e. The Morgan fingerprint density at radius 3 is 2.20 bits per heavy atom. The van der Waals surface area contributed by atoms with Crippen molar-refractivity contribution in [3.05, 3.63) is 0 Å². The van der Waals surface area contributed by atoms with Crippen LogP contribution in [0.2, 0.25) is 0 Å². The van der Waals surface area contributed by atoms with E-state index in [0.29, 0.717) is 0 Å². The quantitative estimate of drug-likeness (QED) is 0.611. The number of nitrogens with one attached hydrogen (secondary N) is 2. The van der Waals surface area contributed by atoms with Gasteiger partial charge >= 0.3 is 18.0 Å². The molecule has 2 amide bonds. The second-order valence-corrected chi connectivity index (χ2v) is 7.08. The van der Waals surface area contributed by atoms with Gasteiger partial charge in [0, 0.05) is 19.4 Å². The summed E-state index contributed by atoms with van der Waals surface area (Å²) < 4.78 is 9.92. The number of methoxy groups -OCH3 is 1. The smallest absolute Gasteiger partial charge is 0.407 e. The minimum atomic E-state index is -1.14. The first-order valence-electron chi connectivity index (χ1n) is 8.01. The molecule has 0 unspecified atom stereocenters. The van der Waals surface area contributed by atoms with Crippen LogP contribution in [0.5, 0.6) is 0 Å². The molecule has 0 spiro atoms. The Hall–Kier alpha value is -2.32. The maximum atomic E-state index is 12.1. The van der Waals surface area contributed by atoms with E-state index in [1.807, 2.05) is 0 Å². The molecule has 0 radical (unpaired) electrons. The molecular weight excluding hydrogens is 332 g/mol. The number of carbonyl (C=O) groups excluding carboxylic acids is 3. The number of alkyl carbamates (subject to hydrolysis) is 1. The summed E-state index contributed by atoms with van der Waals surface area (Å²) in [4.78, 5) is 46.9. The van der Waals surface area contributed by atoms with E-state index in [2.05, 4.69) is 10.6 Å². The van der Waals surface area contributed by atoms with Gasteiger partial charge in [-0.05, 0) is 27.2 Å². The zero-order chi connectivity index (χ0) is 19.4. The number of carboxylic acid groups (broad SMARTS) is 1. The molecule has 25 heavy (non-hydrogen) atoms. The third kappa shape index (κ3) is 5.91. The van der Waals surface area contributed by atoms with Crippen LogP contribution in [-0.4, -0.2) is 54.3 Å². The Morgan fingerprint density at radius 2 is 1.76 bits per heavy atom. The number of esters is 1. The van der Waals surface area contributed by atoms with Crippen LogP contribution in [0.1, 0.15) is 34.1 Å². The van der Waals surface area contributed by atoms with Gasteiger partial charge < -0.3 is 25.2 Å². The number of aliphatic carboxylic acids is 1. The second kappa shape index (κ2) is 8.17. The summed E-state index contributed by atoms with van der Waals surface area (Å²) in [7, 11) is 1.21. The lowest BCUT2D eigenvalue weighted by atomic mass is 9.92. The Balaban J connectivity index is 3.05. The predicted octanol–water partition coefficient (Wildman–Crippen LogP) is 0.526. The fourth-order valence-electron chi connectivity index (χ4n) is 3.00. The Bertz CT molecular complexity index is 541. The molecule has 1 aliphatic rings. The van der Waals surface area contributed by atoms with E-state index in [-0.39, 0.29) is 18.9 Å². The molecule has 0 aromatic heterocycles. The predicted molar refractivity (Wildman–Crippen MR) is 86.6 cm³/mol. The van der Waals surface area contributed by atoms with Crippen LogP contribution in [0.15, 0.2) is 0 Å². The molecule has 0 aliphatic heterocycles. The summed E-state index contributed by atoms with van der Waals surface area (Å²) in [5.74, 6) is -4.40. The Labute approximate surface area is 146 Å². The van der Waals surface area contributed by atoms with Crippen molar-refractivity contribution in [1.82, 2.24) is 10.6 Å². The van der Waals surface area contributed by atoms with Crippen LogP contribution in [0.4, 0.5) is 4.79 Å². The fraction of sp³-hybridized carbons (Fsp3) is 0.750. The molecule has 9 nitrogen and oxygen atoms in total. The molecule has 1 rings (SSSR count). The van der Waals surface area contributed by atoms with Crippen molar-refractivity contribution in [3.63, 3.8) is 0 Å². The summed E-state index contributed by atoms with van der Waals surface area (Å²) >= 11 is 0. The van der Waals surface area contributed by atoms with Crippen molar-refractivity contribution in [2.75, 3.05) is 13.7 Å². The van der Waals surface area contributed by atoms with Crippen LogP contribution in [0.3, 0.4) is 0 Å². The van der Waals surface area contributed by atoms with E-state index in [0.717, 1.165) is 0 Å². The lowest BCUT2D eigenvalue weighted by molar-refractivity contribution is -0.147. The van der Waals surface area contributed by atoms with Crippen molar-refractivity contribution in [1.29, 1.82) is 0 Å². The largest absolute Gasteiger partial charge is 0.481 e. The molecular formula is C16H26N2O7. The lowest BCUT2D eigenvalue weighted by Crippen LogP contribution is -2.49. The molecule has 0 heterocycles. The highest BCUT2D eigenvalue weighted by atomic mass is 16.6. The van der Waals surface area contributed by atoms with Crippen LogP contribution in [-0.2, 0) is 23.9 Å². The first kappa shape index (κ1) is 20.7. The van der Waals surface area contributed by atoms with E-state index < -0.39 is 47.4 Å². The monoisotopic (exact) mass is 358 g/mol. The van der Waals surface area contributed by atoms with Gasteiger partial charge in [0.2, 0.25) is 5.91 Å². The van der Waals surface area contributed by atoms with Crippen LogP contribution in [0, 0.1) is 17.8 Å². The third-order valence-corrected chi connectivity index (χ3v) is 4.01. The zero-order valence-electron chi connectivity index (χ0n) is 15.1. The van der Waals surface area contributed by atoms with Gasteiger partial charge in [0.15, 0.2) is 0 Å². The SMILES string of the molecule is COC(=O)[C@@H]1C[C@H](C(=O)O)[C@@H](NC(=O)OC(C)(C)C)[C@H]1CNC(C)=O. The van der Waals surface area contributed by atoms with E-state index in [1.165, 1.54) is 14.0 Å². The average Bonchev–Trinajstić information content (AvgIpc) is 2.80. The highest BCUT2D eigenvalue weighted by molar-refractivity contribution is 5.79. The van der Waals surface area contributed by atoms with Crippen LogP contribution >= 0.6 is 0 Å². The van der Waals surface area contributed by atoms with Gasteiger partial charge in [-0.1, -0.05) is 0 Å². The summed E-state index contributed by atoms with van der Waals surface area (Å²) in [6.07, 6.45) is -0.769. The normalized spacial score (nSPS) is 25.8. The van der Waals surface area contributed by atoms with Gasteiger partial charge in [0.25, 0.3) is 0 Å². The Morgan fingerprint density at radius 1 is 1.16 bits per heavy atom. The van der Waals surface area contributed by atoms with Crippen LogP contribution < -0.4 is 10.6 Å². The summed E-state index contributed by atoms with van der Waals surface area (Å²) in [5.41, 5.74) is -0.754. The van der Waals surface area contributed by atoms with E-state index in [1.54, 1.807) is 20.8 Å². The van der Waals surface area contributed by atoms with Gasteiger partial charge in [-0.3, -0.25) is 14.4 Å². The number of ether oxygens (including phenoxy) is 2. The standard InChI is InChI=1S/C16H26N2O7/c1-8(19)17-7-11-9(14(22)24-5)6-10(13(20)21)12(11)18-15(23)25-16(2,3)4/h9-12H,6-7H2,1-5H3,(H,17,19)(H,18,23)(H,20,21)/t9-,10+,11+,12-/m1/s1. The molecule has 0 bridgehead atoms. The minimum absolute atomic E-state index is 0.00667. The maximum Gasteiger partial charge on any atom is 0.407 e. The molecule has 4 atom stereocenters. The number of carboxylic acids is 1. The number of hydrogen-bond donors (Lipinski definition) is 3. The molecule has 142 valence electrons. The third-order valence-electron chi connectivity index (χ3n) is 4.01. The number of carbonyl (C=O) groups is 4. The van der Waals surface area contributed by atoms with Crippen molar-refractivity contribution in [2.24, 2.45) is 17.8 Å². The number of rotatable bonds is 5. The second-order valence-electron chi connectivity index (χ2n) is 7.08. The van der Waals surface area contributed by atoms with Gasteiger partial charge in [-0.2, -0.15) is 0 Å². The summed E-state index contributed by atoms with van der Waals surface area (Å²) in [5, 5.41) is 14.6. The molecule has 1 aliphatic carbocycles. The lowest BCUT2D eigenvalue weighted by Gasteiger charge is -2.28. The number of hydrogen-bond acceptors (Lipinski definition) is 6. The van der Waals surface area contributed by atoms with Gasteiger partial charge in [0.1, 0.15) is 5.60 Å². The Kier molecular flexibility index (Phi) is 6.78. The van der Waals surface area contributed by atoms with Crippen molar-refractivity contribution in [2.45, 2.75) is 45.8 Å². The molecule has 0 aromatic rings. The molecule has 0 saturated heterocycles. The molecule has 9 heteroatoms. The van der Waals surface area contributed by atoms with Crippen molar-refractivity contribution in [3.8, 4) is 0 Å². The van der Waals surface area contributed by atoms with Crippen molar-refractivity contribution >= 4 is 23.9 Å².